The molecule has 2 aromatic carbocycles. The number of nitrogens with zero attached hydrogens (tertiary/aromatic N) is 2. The van der Waals surface area contributed by atoms with Crippen molar-refractivity contribution in [3.63, 3.8) is 0 Å². The van der Waals surface area contributed by atoms with E-state index in [4.69, 9.17) is 4.42 Å². The second-order valence-corrected chi connectivity index (χ2v) is 8.16. The zero-order chi connectivity index (χ0) is 20.5. The minimum atomic E-state index is -0.481. The Morgan fingerprint density at radius 1 is 1.13 bits per heavy atom. The molecule has 6 nitrogen and oxygen atoms in total. The van der Waals surface area contributed by atoms with Crippen LogP contribution in [0.15, 0.2) is 69.2 Å². The fourth-order valence-electron chi connectivity index (χ4n) is 3.73. The lowest BCUT2D eigenvalue weighted by molar-refractivity contribution is 0.0997. The standard InChI is InChI=1S/C23H19N3O3S/c27-19-11-21(29-20-8-4-3-7-18(19)20)22(28)25-23-24-17(14-30-23)13-26-10-9-15-5-1-2-6-16(15)12-26/h1-8,11,14H,9-10,12-13H2,(H,24,25,28). The van der Waals surface area contributed by atoms with Crippen LogP contribution in [0.4, 0.5) is 5.13 Å². The molecule has 0 saturated heterocycles. The number of aromatic nitrogens is 1. The minimum Gasteiger partial charge on any atom is -0.451 e. The van der Waals surface area contributed by atoms with Crippen LogP contribution in [0.2, 0.25) is 0 Å². The fraction of sp³-hybridized carbons (Fsp3) is 0.174. The molecule has 1 aliphatic rings. The first-order valence-corrected chi connectivity index (χ1v) is 10.6. The Bertz CT molecular complexity index is 1290. The summed E-state index contributed by atoms with van der Waals surface area (Å²) in [5.41, 5.74) is 3.83. The Morgan fingerprint density at radius 3 is 2.83 bits per heavy atom. The van der Waals surface area contributed by atoms with Gasteiger partial charge in [0.2, 0.25) is 0 Å². The molecule has 150 valence electrons. The Labute approximate surface area is 176 Å². The van der Waals surface area contributed by atoms with Crippen LogP contribution >= 0.6 is 11.3 Å². The summed E-state index contributed by atoms with van der Waals surface area (Å²) in [4.78, 5) is 31.7. The molecule has 0 unspecified atom stereocenters. The molecule has 0 spiro atoms. The zero-order valence-corrected chi connectivity index (χ0v) is 16.9. The van der Waals surface area contributed by atoms with Gasteiger partial charge in [0.1, 0.15) is 5.58 Å². The van der Waals surface area contributed by atoms with Crippen molar-refractivity contribution in [1.29, 1.82) is 0 Å². The number of hydrogen-bond donors (Lipinski definition) is 1. The van der Waals surface area contributed by atoms with Crippen molar-refractivity contribution < 1.29 is 9.21 Å². The van der Waals surface area contributed by atoms with Crippen molar-refractivity contribution in [3.8, 4) is 0 Å². The molecule has 0 bridgehead atoms. The molecule has 0 radical (unpaired) electrons. The number of nitrogens with one attached hydrogen (secondary N) is 1. The summed E-state index contributed by atoms with van der Waals surface area (Å²) < 4.78 is 5.59. The summed E-state index contributed by atoms with van der Waals surface area (Å²) >= 11 is 1.37. The molecule has 7 heteroatoms. The topological polar surface area (TPSA) is 75.4 Å². The van der Waals surface area contributed by atoms with E-state index in [2.05, 4.69) is 39.5 Å². The maximum atomic E-state index is 12.6. The molecule has 2 aromatic heterocycles. The first-order chi connectivity index (χ1) is 14.7. The third kappa shape index (κ3) is 3.77. The van der Waals surface area contributed by atoms with Gasteiger partial charge in [-0.1, -0.05) is 36.4 Å². The summed E-state index contributed by atoms with van der Waals surface area (Å²) in [5, 5.41) is 5.63. The number of rotatable bonds is 4. The van der Waals surface area contributed by atoms with E-state index < -0.39 is 5.91 Å². The van der Waals surface area contributed by atoms with E-state index in [0.29, 0.717) is 16.1 Å². The van der Waals surface area contributed by atoms with Crippen LogP contribution in [0, 0.1) is 0 Å². The molecule has 1 N–H and O–H groups in total. The highest BCUT2D eigenvalue weighted by atomic mass is 32.1. The second kappa shape index (κ2) is 7.85. The van der Waals surface area contributed by atoms with E-state index in [-0.39, 0.29) is 11.2 Å². The quantitative estimate of drug-likeness (QED) is 0.542. The van der Waals surface area contributed by atoms with Gasteiger partial charge in [-0.2, -0.15) is 0 Å². The van der Waals surface area contributed by atoms with Crippen LogP contribution in [0.25, 0.3) is 11.0 Å². The predicted molar refractivity (Wildman–Crippen MR) is 117 cm³/mol. The van der Waals surface area contributed by atoms with Crippen LogP contribution in [0.5, 0.6) is 0 Å². The van der Waals surface area contributed by atoms with E-state index >= 15 is 0 Å². The van der Waals surface area contributed by atoms with Gasteiger partial charge < -0.3 is 4.42 Å². The van der Waals surface area contributed by atoms with E-state index in [1.807, 2.05) is 5.38 Å². The van der Waals surface area contributed by atoms with Gasteiger partial charge in [0.25, 0.3) is 5.91 Å². The number of carbonyl (C=O) groups is 1. The largest absolute Gasteiger partial charge is 0.451 e. The van der Waals surface area contributed by atoms with Crippen molar-refractivity contribution in [2.75, 3.05) is 11.9 Å². The first kappa shape index (κ1) is 18.7. The van der Waals surface area contributed by atoms with Gasteiger partial charge in [-0.15, -0.1) is 11.3 Å². The molecular weight excluding hydrogens is 398 g/mol. The number of para-hydroxylation sites is 1. The monoisotopic (exact) mass is 417 g/mol. The molecule has 3 heterocycles. The SMILES string of the molecule is O=C(Nc1nc(CN2CCc3ccccc3C2)cs1)c1cc(=O)c2ccccc2o1. The zero-order valence-electron chi connectivity index (χ0n) is 16.1. The molecule has 4 aromatic rings. The number of carbonyl (C=O) groups excluding carboxylic acids is 1. The third-order valence-electron chi connectivity index (χ3n) is 5.23. The highest BCUT2D eigenvalue weighted by molar-refractivity contribution is 7.13. The lowest BCUT2D eigenvalue weighted by Gasteiger charge is -2.27. The number of benzene rings is 2. The fourth-order valence-corrected chi connectivity index (χ4v) is 4.43. The molecule has 1 amide bonds. The number of fused-ring (bicyclic) bond motifs is 2. The lowest BCUT2D eigenvalue weighted by atomic mass is 10.00. The van der Waals surface area contributed by atoms with Gasteiger partial charge in [-0.05, 0) is 29.7 Å². The van der Waals surface area contributed by atoms with Crippen LogP contribution in [-0.4, -0.2) is 22.3 Å². The molecule has 1 aliphatic heterocycles. The van der Waals surface area contributed by atoms with Crippen molar-refractivity contribution in [2.24, 2.45) is 0 Å². The van der Waals surface area contributed by atoms with E-state index in [9.17, 15) is 9.59 Å². The summed E-state index contributed by atoms with van der Waals surface area (Å²) in [5.74, 6) is -0.506. The first-order valence-electron chi connectivity index (χ1n) is 9.73. The normalized spacial score (nSPS) is 13.9. The maximum Gasteiger partial charge on any atom is 0.293 e. The number of amides is 1. The van der Waals surface area contributed by atoms with Gasteiger partial charge in [0.05, 0.1) is 11.1 Å². The predicted octanol–water partition coefficient (Wildman–Crippen LogP) is 4.06. The third-order valence-corrected chi connectivity index (χ3v) is 6.03. The highest BCUT2D eigenvalue weighted by Gasteiger charge is 2.18. The molecule has 30 heavy (non-hydrogen) atoms. The van der Waals surface area contributed by atoms with Gasteiger partial charge in [-0.25, -0.2) is 4.98 Å². The molecule has 0 saturated carbocycles. The molecule has 5 rings (SSSR count). The van der Waals surface area contributed by atoms with Crippen molar-refractivity contribution in [3.05, 3.63) is 92.8 Å². The average molecular weight is 417 g/mol. The van der Waals surface area contributed by atoms with E-state index in [0.717, 1.165) is 31.7 Å². The Balaban J connectivity index is 1.27. The molecular formula is C23H19N3O3S. The van der Waals surface area contributed by atoms with Gasteiger partial charge in [-0.3, -0.25) is 19.8 Å². The van der Waals surface area contributed by atoms with Crippen LogP contribution in [-0.2, 0) is 19.5 Å². The smallest absolute Gasteiger partial charge is 0.293 e. The summed E-state index contributed by atoms with van der Waals surface area (Å²) in [6, 6.07) is 16.6. The summed E-state index contributed by atoms with van der Waals surface area (Å²) in [7, 11) is 0. The molecule has 0 fully saturated rings. The minimum absolute atomic E-state index is 0.0249. The summed E-state index contributed by atoms with van der Waals surface area (Å²) in [6.07, 6.45) is 1.03. The van der Waals surface area contributed by atoms with Crippen molar-refractivity contribution in [1.82, 2.24) is 9.88 Å². The number of hydrogen-bond acceptors (Lipinski definition) is 6. The van der Waals surface area contributed by atoms with Crippen LogP contribution in [0.3, 0.4) is 0 Å². The van der Waals surface area contributed by atoms with Crippen molar-refractivity contribution >= 4 is 33.3 Å². The molecule has 0 aliphatic carbocycles. The van der Waals surface area contributed by atoms with Crippen molar-refractivity contribution in [2.45, 2.75) is 19.5 Å². The van der Waals surface area contributed by atoms with E-state index in [1.165, 1.54) is 28.5 Å². The van der Waals surface area contributed by atoms with Gasteiger partial charge in [0.15, 0.2) is 16.3 Å². The lowest BCUT2D eigenvalue weighted by Crippen LogP contribution is -2.30. The maximum absolute atomic E-state index is 12.6. The van der Waals surface area contributed by atoms with Crippen LogP contribution in [0.1, 0.15) is 27.4 Å². The van der Waals surface area contributed by atoms with Crippen LogP contribution < -0.4 is 10.7 Å². The average Bonchev–Trinajstić information content (AvgIpc) is 3.20. The van der Waals surface area contributed by atoms with E-state index in [1.54, 1.807) is 24.3 Å². The number of anilines is 1. The second-order valence-electron chi connectivity index (χ2n) is 7.30. The Hall–Kier alpha value is -3.29. The van der Waals surface area contributed by atoms with Gasteiger partial charge >= 0.3 is 0 Å². The number of thiazole rings is 1. The highest BCUT2D eigenvalue weighted by Crippen LogP contribution is 2.23. The van der Waals surface area contributed by atoms with Gasteiger partial charge in [0, 0.05) is 31.1 Å². The molecule has 0 atom stereocenters. The Kier molecular flexibility index (Phi) is 4.90. The Morgan fingerprint density at radius 2 is 1.93 bits per heavy atom. The summed E-state index contributed by atoms with van der Waals surface area (Å²) in [6.45, 7) is 2.61.